The zero-order chi connectivity index (χ0) is 12.2. The van der Waals surface area contributed by atoms with Gasteiger partial charge in [0.05, 0.1) is 0 Å². The maximum absolute atomic E-state index is 11.2. The molecule has 1 aliphatic rings. The van der Waals surface area contributed by atoms with Crippen LogP contribution < -0.4 is 10.6 Å². The highest BCUT2D eigenvalue weighted by atomic mass is 16.2. The van der Waals surface area contributed by atoms with E-state index in [1.54, 1.807) is 7.05 Å². The number of likely N-dealkylation sites (tertiary alicyclic amines) is 1. The molecule has 4 nitrogen and oxygen atoms in total. The molecule has 0 bridgehead atoms. The topological polar surface area (TPSA) is 44.4 Å². The molecule has 0 aliphatic carbocycles. The number of hydrogen-bond acceptors (Lipinski definition) is 2. The standard InChI is InChI=1S/C12H25N3O/c1-12(2,3)9-15-7-5-10(6-8-15)14-11(16)13-4/h10H,5-9H2,1-4H3,(H2,13,14,16). The van der Waals surface area contributed by atoms with E-state index in [0.717, 1.165) is 32.5 Å². The molecule has 0 radical (unpaired) electrons. The van der Waals surface area contributed by atoms with Gasteiger partial charge in [-0.25, -0.2) is 4.79 Å². The van der Waals surface area contributed by atoms with Crippen molar-refractivity contribution in [2.75, 3.05) is 26.7 Å². The van der Waals surface area contributed by atoms with E-state index in [9.17, 15) is 4.79 Å². The van der Waals surface area contributed by atoms with Gasteiger partial charge in [-0.05, 0) is 18.3 Å². The molecular weight excluding hydrogens is 202 g/mol. The second-order valence-electron chi connectivity index (χ2n) is 5.83. The average Bonchev–Trinajstić information content (AvgIpc) is 2.18. The van der Waals surface area contributed by atoms with Crippen LogP contribution in [0.3, 0.4) is 0 Å². The molecule has 0 aromatic carbocycles. The van der Waals surface area contributed by atoms with Crippen LogP contribution in [0.4, 0.5) is 4.79 Å². The molecule has 1 fully saturated rings. The predicted molar refractivity (Wildman–Crippen MR) is 66.5 cm³/mol. The molecule has 0 spiro atoms. The van der Waals surface area contributed by atoms with Crippen molar-refractivity contribution in [1.82, 2.24) is 15.5 Å². The number of nitrogens with one attached hydrogen (secondary N) is 2. The van der Waals surface area contributed by atoms with Crippen molar-refractivity contribution in [2.24, 2.45) is 5.41 Å². The second kappa shape index (κ2) is 5.53. The largest absolute Gasteiger partial charge is 0.341 e. The first-order valence-electron chi connectivity index (χ1n) is 6.11. The molecule has 2 N–H and O–H groups in total. The highest BCUT2D eigenvalue weighted by Gasteiger charge is 2.23. The van der Waals surface area contributed by atoms with Crippen molar-refractivity contribution >= 4 is 6.03 Å². The number of amides is 2. The van der Waals surface area contributed by atoms with Crippen LogP contribution in [-0.4, -0.2) is 43.7 Å². The fraction of sp³-hybridized carbons (Fsp3) is 0.917. The summed E-state index contributed by atoms with van der Waals surface area (Å²) in [6.45, 7) is 10.1. The highest BCUT2D eigenvalue weighted by molar-refractivity contribution is 5.73. The first kappa shape index (κ1) is 13.3. The Balaban J connectivity index is 2.26. The Kier molecular flexibility index (Phi) is 4.59. The molecule has 0 aromatic rings. The van der Waals surface area contributed by atoms with Crippen LogP contribution in [0.2, 0.25) is 0 Å². The summed E-state index contributed by atoms with van der Waals surface area (Å²) in [7, 11) is 1.66. The van der Waals surface area contributed by atoms with Gasteiger partial charge < -0.3 is 15.5 Å². The van der Waals surface area contributed by atoms with Crippen molar-refractivity contribution in [2.45, 2.75) is 39.7 Å². The number of urea groups is 1. The van der Waals surface area contributed by atoms with E-state index in [1.807, 2.05) is 0 Å². The van der Waals surface area contributed by atoms with Crippen LogP contribution in [-0.2, 0) is 0 Å². The minimum Gasteiger partial charge on any atom is -0.341 e. The van der Waals surface area contributed by atoms with Gasteiger partial charge in [-0.1, -0.05) is 20.8 Å². The number of rotatable bonds is 2. The summed E-state index contributed by atoms with van der Waals surface area (Å²) in [4.78, 5) is 13.6. The van der Waals surface area contributed by atoms with Gasteiger partial charge >= 0.3 is 6.03 Å². The summed E-state index contributed by atoms with van der Waals surface area (Å²) in [5.41, 5.74) is 0.362. The third-order valence-electron chi connectivity index (χ3n) is 2.85. The SMILES string of the molecule is CNC(=O)NC1CCN(CC(C)(C)C)CC1. The fourth-order valence-electron chi connectivity index (χ4n) is 2.16. The highest BCUT2D eigenvalue weighted by Crippen LogP contribution is 2.18. The molecule has 1 aliphatic heterocycles. The minimum absolute atomic E-state index is 0.0609. The van der Waals surface area contributed by atoms with Crippen LogP contribution in [0.15, 0.2) is 0 Å². The molecular formula is C12H25N3O. The zero-order valence-electron chi connectivity index (χ0n) is 11.0. The van der Waals surface area contributed by atoms with Crippen molar-refractivity contribution in [3.8, 4) is 0 Å². The van der Waals surface area contributed by atoms with Gasteiger partial charge in [-0.3, -0.25) is 0 Å². The van der Waals surface area contributed by atoms with Gasteiger partial charge in [0.2, 0.25) is 0 Å². The number of hydrogen-bond donors (Lipinski definition) is 2. The van der Waals surface area contributed by atoms with E-state index < -0.39 is 0 Å². The Bertz CT molecular complexity index is 227. The van der Waals surface area contributed by atoms with Gasteiger partial charge in [0, 0.05) is 32.7 Å². The summed E-state index contributed by atoms with van der Waals surface area (Å²) in [6, 6.07) is 0.283. The first-order chi connectivity index (χ1) is 7.40. The lowest BCUT2D eigenvalue weighted by molar-refractivity contribution is 0.147. The Hall–Kier alpha value is -0.770. The van der Waals surface area contributed by atoms with Gasteiger partial charge in [-0.15, -0.1) is 0 Å². The van der Waals surface area contributed by atoms with E-state index in [0.29, 0.717) is 11.5 Å². The smallest absolute Gasteiger partial charge is 0.314 e. The molecule has 1 saturated heterocycles. The molecule has 94 valence electrons. The first-order valence-corrected chi connectivity index (χ1v) is 6.11. The Morgan fingerprint density at radius 3 is 2.31 bits per heavy atom. The van der Waals surface area contributed by atoms with E-state index in [-0.39, 0.29) is 6.03 Å². The summed E-state index contributed by atoms with van der Waals surface area (Å²) in [5.74, 6) is 0. The van der Waals surface area contributed by atoms with Gasteiger partial charge in [0.1, 0.15) is 0 Å². The Morgan fingerprint density at radius 1 is 1.31 bits per heavy atom. The van der Waals surface area contributed by atoms with Crippen LogP contribution >= 0.6 is 0 Å². The van der Waals surface area contributed by atoms with Crippen molar-refractivity contribution < 1.29 is 4.79 Å². The number of carbonyl (C=O) groups is 1. The monoisotopic (exact) mass is 227 g/mol. The van der Waals surface area contributed by atoms with Crippen LogP contribution in [0.5, 0.6) is 0 Å². The van der Waals surface area contributed by atoms with E-state index in [2.05, 4.69) is 36.3 Å². The maximum Gasteiger partial charge on any atom is 0.314 e. The summed E-state index contributed by atoms with van der Waals surface area (Å²) < 4.78 is 0. The average molecular weight is 227 g/mol. The maximum atomic E-state index is 11.2. The molecule has 1 heterocycles. The van der Waals surface area contributed by atoms with Crippen LogP contribution in [0.25, 0.3) is 0 Å². The predicted octanol–water partition coefficient (Wildman–Crippen LogP) is 1.43. The zero-order valence-corrected chi connectivity index (χ0v) is 11.0. The van der Waals surface area contributed by atoms with Crippen LogP contribution in [0, 0.1) is 5.41 Å². The van der Waals surface area contributed by atoms with Crippen molar-refractivity contribution in [3.63, 3.8) is 0 Å². The molecule has 0 unspecified atom stereocenters. The van der Waals surface area contributed by atoms with Gasteiger partial charge in [-0.2, -0.15) is 0 Å². The quantitative estimate of drug-likeness (QED) is 0.749. The lowest BCUT2D eigenvalue weighted by Crippen LogP contribution is -2.48. The van der Waals surface area contributed by atoms with Crippen molar-refractivity contribution in [1.29, 1.82) is 0 Å². The Morgan fingerprint density at radius 2 is 1.88 bits per heavy atom. The van der Waals surface area contributed by atoms with E-state index >= 15 is 0 Å². The number of nitrogens with zero attached hydrogens (tertiary/aromatic N) is 1. The van der Waals surface area contributed by atoms with Gasteiger partial charge in [0.25, 0.3) is 0 Å². The second-order valence-corrected chi connectivity index (χ2v) is 5.83. The normalized spacial score (nSPS) is 19.5. The summed E-state index contributed by atoms with van der Waals surface area (Å²) in [5, 5.41) is 5.57. The lowest BCUT2D eigenvalue weighted by Gasteiger charge is -2.36. The van der Waals surface area contributed by atoms with Crippen molar-refractivity contribution in [3.05, 3.63) is 0 Å². The van der Waals surface area contributed by atoms with E-state index in [4.69, 9.17) is 0 Å². The number of carbonyl (C=O) groups excluding carboxylic acids is 1. The molecule has 0 atom stereocenters. The lowest BCUT2D eigenvalue weighted by atomic mass is 9.94. The molecule has 2 amide bonds. The summed E-state index contributed by atoms with van der Waals surface area (Å²) in [6.07, 6.45) is 2.12. The van der Waals surface area contributed by atoms with Crippen LogP contribution in [0.1, 0.15) is 33.6 Å². The Labute approximate surface area is 98.8 Å². The minimum atomic E-state index is -0.0609. The summed E-state index contributed by atoms with van der Waals surface area (Å²) >= 11 is 0. The molecule has 0 aromatic heterocycles. The third kappa shape index (κ3) is 4.84. The molecule has 16 heavy (non-hydrogen) atoms. The molecule has 1 rings (SSSR count). The fourth-order valence-corrected chi connectivity index (χ4v) is 2.16. The van der Waals surface area contributed by atoms with E-state index in [1.165, 1.54) is 0 Å². The third-order valence-corrected chi connectivity index (χ3v) is 2.85. The van der Waals surface area contributed by atoms with Gasteiger partial charge in [0.15, 0.2) is 0 Å². The number of piperidine rings is 1. The molecule has 0 saturated carbocycles. The molecule has 4 heteroatoms.